The van der Waals surface area contributed by atoms with Gasteiger partial charge in [-0.3, -0.25) is 0 Å². The number of nitrogen functional groups attached to an aromatic ring is 1. The zero-order valence-electron chi connectivity index (χ0n) is 17.5. The second-order valence-electron chi connectivity index (χ2n) is 8.07. The molecule has 0 aliphatic carbocycles. The number of hydrogen-bond acceptors (Lipinski definition) is 5. The Balaban J connectivity index is 1.65. The Hall–Kier alpha value is -3.12. The molecule has 4 aromatic rings. The highest BCUT2D eigenvalue weighted by molar-refractivity contribution is 6.11. The maximum absolute atomic E-state index is 6.39. The summed E-state index contributed by atoms with van der Waals surface area (Å²) in [6.07, 6.45) is 6.77. The van der Waals surface area contributed by atoms with Crippen molar-refractivity contribution in [3.05, 3.63) is 47.8 Å². The first-order chi connectivity index (χ1) is 14.6. The number of piperidine rings is 1. The van der Waals surface area contributed by atoms with Gasteiger partial charge < -0.3 is 20.8 Å². The molecule has 0 spiro atoms. The molecule has 0 saturated carbocycles. The third-order valence-electron chi connectivity index (χ3n) is 6.11. The molecular weight excluding hydrogens is 374 g/mol. The summed E-state index contributed by atoms with van der Waals surface area (Å²) in [5.74, 6) is 1.10. The summed E-state index contributed by atoms with van der Waals surface area (Å²) in [6, 6.07) is 8.78. The Bertz CT molecular complexity index is 1220. The van der Waals surface area contributed by atoms with E-state index in [-0.39, 0.29) is 6.10 Å². The molecule has 5 rings (SSSR count). The maximum atomic E-state index is 6.39. The molecule has 1 fully saturated rings. The summed E-state index contributed by atoms with van der Waals surface area (Å²) in [7, 11) is 0. The molecule has 6 nitrogen and oxygen atoms in total. The Morgan fingerprint density at radius 1 is 1.10 bits per heavy atom. The van der Waals surface area contributed by atoms with Gasteiger partial charge in [0.2, 0.25) is 0 Å². The van der Waals surface area contributed by atoms with Crippen molar-refractivity contribution in [3.8, 4) is 16.9 Å². The number of nitrogens with two attached hydrogens (primary N) is 1. The summed E-state index contributed by atoms with van der Waals surface area (Å²) in [5, 5.41) is 5.35. The van der Waals surface area contributed by atoms with Crippen molar-refractivity contribution in [2.24, 2.45) is 0 Å². The predicted octanol–water partition coefficient (Wildman–Crippen LogP) is 4.36. The van der Waals surface area contributed by atoms with E-state index in [1.54, 1.807) is 6.20 Å². The van der Waals surface area contributed by atoms with Crippen LogP contribution in [-0.4, -0.2) is 34.1 Å². The Morgan fingerprint density at radius 2 is 1.93 bits per heavy atom. The Labute approximate surface area is 175 Å². The van der Waals surface area contributed by atoms with Gasteiger partial charge in [-0.2, -0.15) is 0 Å². The molecule has 1 aromatic carbocycles. The number of H-pyrrole nitrogens is 1. The fourth-order valence-electron chi connectivity index (χ4n) is 4.34. The lowest BCUT2D eigenvalue weighted by atomic mass is 9.99. The highest BCUT2D eigenvalue weighted by Crippen LogP contribution is 2.38. The summed E-state index contributed by atoms with van der Waals surface area (Å²) in [4.78, 5) is 12.4. The highest BCUT2D eigenvalue weighted by Gasteiger charge is 2.21. The first-order valence-electron chi connectivity index (χ1n) is 10.7. The first-order valence-corrected chi connectivity index (χ1v) is 10.7. The van der Waals surface area contributed by atoms with Crippen molar-refractivity contribution in [3.63, 3.8) is 0 Å². The van der Waals surface area contributed by atoms with Gasteiger partial charge >= 0.3 is 0 Å². The number of anilines is 1. The lowest BCUT2D eigenvalue weighted by molar-refractivity contribution is 0.165. The minimum Gasteiger partial charge on any atom is -0.486 e. The Kier molecular flexibility index (Phi) is 4.79. The van der Waals surface area contributed by atoms with Gasteiger partial charge in [-0.05, 0) is 62.0 Å². The largest absolute Gasteiger partial charge is 0.486 e. The first kappa shape index (κ1) is 18.9. The molecule has 30 heavy (non-hydrogen) atoms. The van der Waals surface area contributed by atoms with E-state index in [0.717, 1.165) is 59.9 Å². The van der Waals surface area contributed by atoms with E-state index < -0.39 is 0 Å². The van der Waals surface area contributed by atoms with E-state index in [0.29, 0.717) is 11.6 Å². The van der Waals surface area contributed by atoms with Crippen molar-refractivity contribution in [2.75, 3.05) is 18.8 Å². The third-order valence-corrected chi connectivity index (χ3v) is 6.11. The lowest BCUT2D eigenvalue weighted by Gasteiger charge is -2.24. The number of nitrogens with one attached hydrogen (secondary N) is 2. The number of pyridine rings is 2. The molecule has 154 valence electrons. The van der Waals surface area contributed by atoms with Crippen molar-refractivity contribution < 1.29 is 4.74 Å². The van der Waals surface area contributed by atoms with Crippen molar-refractivity contribution in [1.29, 1.82) is 0 Å². The van der Waals surface area contributed by atoms with Crippen molar-refractivity contribution >= 4 is 27.8 Å². The van der Waals surface area contributed by atoms with Crippen LogP contribution >= 0.6 is 0 Å². The molecule has 6 heteroatoms. The second kappa shape index (κ2) is 7.61. The highest BCUT2D eigenvalue weighted by atomic mass is 16.5. The molecule has 1 aliphatic rings. The van der Waals surface area contributed by atoms with Crippen LogP contribution in [0.5, 0.6) is 5.75 Å². The van der Waals surface area contributed by atoms with Gasteiger partial charge in [-0.25, -0.2) is 9.97 Å². The molecule has 0 atom stereocenters. The van der Waals surface area contributed by atoms with E-state index in [4.69, 9.17) is 15.5 Å². The van der Waals surface area contributed by atoms with Gasteiger partial charge in [-0.15, -0.1) is 0 Å². The molecule has 4 heterocycles. The van der Waals surface area contributed by atoms with Crippen LogP contribution in [0.2, 0.25) is 0 Å². The molecule has 0 unspecified atom stereocenters. The number of aryl methyl sites for hydroxylation is 2. The maximum Gasteiger partial charge on any atom is 0.171 e. The quantitative estimate of drug-likeness (QED) is 0.473. The number of hydrogen-bond donors (Lipinski definition) is 3. The van der Waals surface area contributed by atoms with E-state index in [9.17, 15) is 0 Å². The second-order valence-corrected chi connectivity index (χ2v) is 8.07. The summed E-state index contributed by atoms with van der Waals surface area (Å²) in [6.45, 7) is 6.26. The fourth-order valence-corrected chi connectivity index (χ4v) is 4.34. The predicted molar refractivity (Wildman–Crippen MR) is 122 cm³/mol. The van der Waals surface area contributed by atoms with Gasteiger partial charge in [0.15, 0.2) is 11.6 Å². The molecule has 3 aromatic heterocycles. The topological polar surface area (TPSA) is 88.9 Å². The number of nitrogens with zero attached hydrogens (tertiary/aromatic N) is 2. The van der Waals surface area contributed by atoms with Gasteiger partial charge in [0.05, 0.1) is 17.1 Å². The lowest BCUT2D eigenvalue weighted by Crippen LogP contribution is -2.34. The van der Waals surface area contributed by atoms with Gasteiger partial charge in [0.25, 0.3) is 0 Å². The number of rotatable bonds is 4. The van der Waals surface area contributed by atoms with Gasteiger partial charge in [0.1, 0.15) is 11.8 Å². The van der Waals surface area contributed by atoms with Crippen molar-refractivity contribution in [2.45, 2.75) is 39.2 Å². The third kappa shape index (κ3) is 3.27. The monoisotopic (exact) mass is 401 g/mol. The molecule has 1 aliphatic heterocycles. The number of ether oxygens (including phenoxy) is 1. The van der Waals surface area contributed by atoms with Gasteiger partial charge in [-0.1, -0.05) is 25.1 Å². The molecule has 0 radical (unpaired) electrons. The van der Waals surface area contributed by atoms with E-state index in [2.05, 4.69) is 53.4 Å². The van der Waals surface area contributed by atoms with Gasteiger partial charge in [0, 0.05) is 17.1 Å². The molecular formula is C24H27N5O. The zero-order chi connectivity index (χ0) is 20.7. The number of aromatic amines is 1. The minimum atomic E-state index is 0.145. The van der Waals surface area contributed by atoms with Crippen LogP contribution in [-0.2, 0) is 6.42 Å². The van der Waals surface area contributed by atoms with Crippen LogP contribution in [0.4, 0.5) is 5.82 Å². The number of benzene rings is 1. The summed E-state index contributed by atoms with van der Waals surface area (Å²) in [5.41, 5.74) is 12.9. The molecule has 4 N–H and O–H groups in total. The molecule has 1 saturated heterocycles. The van der Waals surface area contributed by atoms with Crippen LogP contribution in [0.15, 0.2) is 36.7 Å². The SMILES string of the molecule is CCc1cc(-c2cnc3[nH]c4cnc(N)c(OC5CCNCC5)c4c3c2)ccc1C. The number of aromatic nitrogens is 3. The fraction of sp³-hybridized carbons (Fsp3) is 0.333. The van der Waals surface area contributed by atoms with Crippen LogP contribution < -0.4 is 15.8 Å². The Morgan fingerprint density at radius 3 is 2.73 bits per heavy atom. The smallest absolute Gasteiger partial charge is 0.171 e. The van der Waals surface area contributed by atoms with Crippen LogP contribution in [0.25, 0.3) is 33.1 Å². The number of fused-ring (bicyclic) bond motifs is 3. The van der Waals surface area contributed by atoms with Crippen LogP contribution in [0.3, 0.4) is 0 Å². The van der Waals surface area contributed by atoms with E-state index in [1.165, 1.54) is 16.7 Å². The minimum absolute atomic E-state index is 0.145. The zero-order valence-corrected chi connectivity index (χ0v) is 17.5. The molecule has 0 amide bonds. The summed E-state index contributed by atoms with van der Waals surface area (Å²) >= 11 is 0. The summed E-state index contributed by atoms with van der Waals surface area (Å²) < 4.78 is 6.39. The molecule has 0 bridgehead atoms. The normalized spacial score (nSPS) is 15.1. The average Bonchev–Trinajstić information content (AvgIpc) is 3.15. The van der Waals surface area contributed by atoms with E-state index in [1.807, 2.05) is 6.20 Å². The van der Waals surface area contributed by atoms with E-state index >= 15 is 0 Å². The van der Waals surface area contributed by atoms with Crippen LogP contribution in [0.1, 0.15) is 30.9 Å². The standard InChI is InChI=1S/C24H27N5O/c1-3-15-10-16(5-4-14(15)2)17-11-19-21-20(29-24(19)28-12-17)13-27-23(25)22(21)30-18-6-8-26-9-7-18/h4-5,10-13,18,26H,3,6-9H2,1-2H3,(H2,25,27)(H,28,29). The average molecular weight is 402 g/mol. The van der Waals surface area contributed by atoms with Crippen LogP contribution in [0, 0.1) is 6.92 Å². The van der Waals surface area contributed by atoms with Crippen molar-refractivity contribution in [1.82, 2.24) is 20.3 Å².